The average molecular weight is 316 g/mol. The first-order valence-corrected chi connectivity index (χ1v) is 7.74. The van der Waals surface area contributed by atoms with Crippen LogP contribution in [0, 0.1) is 0 Å². The molecule has 1 fully saturated rings. The van der Waals surface area contributed by atoms with E-state index < -0.39 is 0 Å². The second kappa shape index (κ2) is 7.13. The molecule has 1 amide bonds. The molecule has 1 aromatic carbocycles. The van der Waals surface area contributed by atoms with Crippen LogP contribution in [0.3, 0.4) is 0 Å². The standard InChI is InChI=1S/C16H20N4O3/c1-22-15-8-11(9-17-16(21)13-10-18-20-19-13)6-7-14(15)23-12-4-2-3-5-12/h6-8,10,12H,2-5,9H2,1H3,(H,17,21)(H,18,19,20). The SMILES string of the molecule is COc1cc(CNC(=O)c2cn[nH]n2)ccc1OC1CCCC1. The Morgan fingerprint density at radius 1 is 1.35 bits per heavy atom. The molecule has 7 nitrogen and oxygen atoms in total. The van der Waals surface area contributed by atoms with E-state index in [1.807, 2.05) is 18.2 Å². The highest BCUT2D eigenvalue weighted by molar-refractivity contribution is 5.91. The Balaban J connectivity index is 1.62. The van der Waals surface area contributed by atoms with Crippen molar-refractivity contribution in [3.63, 3.8) is 0 Å². The minimum absolute atomic E-state index is 0.262. The summed E-state index contributed by atoms with van der Waals surface area (Å²) >= 11 is 0. The first-order chi connectivity index (χ1) is 11.3. The highest BCUT2D eigenvalue weighted by Gasteiger charge is 2.18. The molecule has 1 saturated carbocycles. The van der Waals surface area contributed by atoms with Crippen molar-refractivity contribution in [2.45, 2.75) is 38.3 Å². The van der Waals surface area contributed by atoms with Gasteiger partial charge in [0.25, 0.3) is 5.91 Å². The van der Waals surface area contributed by atoms with E-state index in [0.29, 0.717) is 12.3 Å². The van der Waals surface area contributed by atoms with Crippen LogP contribution in [0.4, 0.5) is 0 Å². The Morgan fingerprint density at radius 2 is 2.17 bits per heavy atom. The number of H-pyrrole nitrogens is 1. The Kier molecular flexibility index (Phi) is 4.75. The van der Waals surface area contributed by atoms with Gasteiger partial charge in [0.2, 0.25) is 0 Å². The van der Waals surface area contributed by atoms with Crippen LogP contribution in [0.1, 0.15) is 41.7 Å². The zero-order valence-corrected chi connectivity index (χ0v) is 13.0. The number of rotatable bonds is 6. The van der Waals surface area contributed by atoms with Gasteiger partial charge in [0.05, 0.1) is 19.4 Å². The molecule has 0 unspecified atom stereocenters. The molecule has 0 radical (unpaired) electrons. The molecule has 7 heteroatoms. The van der Waals surface area contributed by atoms with Crippen molar-refractivity contribution in [3.05, 3.63) is 35.7 Å². The summed E-state index contributed by atoms with van der Waals surface area (Å²) < 4.78 is 11.4. The molecule has 1 aromatic heterocycles. The molecule has 1 aliphatic carbocycles. The highest BCUT2D eigenvalue weighted by Crippen LogP contribution is 2.32. The van der Waals surface area contributed by atoms with E-state index in [0.717, 1.165) is 24.2 Å². The summed E-state index contributed by atoms with van der Waals surface area (Å²) in [5, 5.41) is 12.6. The number of carbonyl (C=O) groups is 1. The minimum Gasteiger partial charge on any atom is -0.493 e. The Morgan fingerprint density at radius 3 is 2.87 bits per heavy atom. The van der Waals surface area contributed by atoms with Gasteiger partial charge in [0, 0.05) is 6.54 Å². The van der Waals surface area contributed by atoms with Gasteiger partial charge in [-0.3, -0.25) is 4.79 Å². The molecular weight excluding hydrogens is 296 g/mol. The smallest absolute Gasteiger partial charge is 0.273 e. The number of amides is 1. The van der Waals surface area contributed by atoms with Crippen molar-refractivity contribution in [3.8, 4) is 11.5 Å². The summed E-state index contributed by atoms with van der Waals surface area (Å²) in [5.41, 5.74) is 1.19. The molecule has 0 atom stereocenters. The van der Waals surface area contributed by atoms with Crippen LogP contribution in [-0.2, 0) is 6.54 Å². The Hall–Kier alpha value is -2.57. The lowest BCUT2D eigenvalue weighted by Gasteiger charge is -2.16. The fourth-order valence-corrected chi connectivity index (χ4v) is 2.69. The maximum absolute atomic E-state index is 11.8. The maximum Gasteiger partial charge on any atom is 0.273 e. The summed E-state index contributed by atoms with van der Waals surface area (Å²) in [6, 6.07) is 5.71. The summed E-state index contributed by atoms with van der Waals surface area (Å²) in [6.45, 7) is 0.381. The van der Waals surface area contributed by atoms with Crippen LogP contribution < -0.4 is 14.8 Å². The molecule has 0 spiro atoms. The normalized spacial score (nSPS) is 14.7. The molecular formula is C16H20N4O3. The van der Waals surface area contributed by atoms with Gasteiger partial charge in [-0.15, -0.1) is 0 Å². The van der Waals surface area contributed by atoms with Crippen molar-refractivity contribution in [1.29, 1.82) is 0 Å². The number of aromatic nitrogens is 3. The highest BCUT2D eigenvalue weighted by atomic mass is 16.5. The molecule has 2 aromatic rings. The molecule has 122 valence electrons. The van der Waals surface area contributed by atoms with E-state index in [9.17, 15) is 4.79 Å². The van der Waals surface area contributed by atoms with E-state index in [1.54, 1.807) is 7.11 Å². The third kappa shape index (κ3) is 3.80. The fourth-order valence-electron chi connectivity index (χ4n) is 2.69. The maximum atomic E-state index is 11.8. The van der Waals surface area contributed by atoms with Gasteiger partial charge in [-0.25, -0.2) is 0 Å². The number of hydrogen-bond acceptors (Lipinski definition) is 5. The van der Waals surface area contributed by atoms with Crippen LogP contribution in [0.5, 0.6) is 11.5 Å². The third-order valence-corrected chi connectivity index (χ3v) is 3.92. The van der Waals surface area contributed by atoms with Crippen LogP contribution in [0.2, 0.25) is 0 Å². The Labute approximate surface area is 134 Å². The number of methoxy groups -OCH3 is 1. The number of nitrogens with one attached hydrogen (secondary N) is 2. The molecule has 1 heterocycles. The quantitative estimate of drug-likeness (QED) is 0.851. The third-order valence-electron chi connectivity index (χ3n) is 3.92. The van der Waals surface area contributed by atoms with Crippen molar-refractivity contribution in [1.82, 2.24) is 20.7 Å². The lowest BCUT2D eigenvalue weighted by Crippen LogP contribution is -2.23. The minimum atomic E-state index is -0.274. The Bertz CT molecular complexity index is 651. The molecule has 3 rings (SSSR count). The van der Waals surface area contributed by atoms with Gasteiger partial charge in [-0.1, -0.05) is 6.07 Å². The van der Waals surface area contributed by atoms with Crippen molar-refractivity contribution < 1.29 is 14.3 Å². The van der Waals surface area contributed by atoms with E-state index >= 15 is 0 Å². The van der Waals surface area contributed by atoms with Gasteiger partial charge in [0.1, 0.15) is 0 Å². The predicted molar refractivity (Wildman–Crippen MR) is 83.4 cm³/mol. The summed E-state index contributed by atoms with van der Waals surface area (Å²) in [4.78, 5) is 11.8. The van der Waals surface area contributed by atoms with Crippen LogP contribution in [-0.4, -0.2) is 34.5 Å². The first-order valence-electron chi connectivity index (χ1n) is 7.74. The van der Waals surface area contributed by atoms with E-state index in [2.05, 4.69) is 20.7 Å². The van der Waals surface area contributed by atoms with Gasteiger partial charge < -0.3 is 14.8 Å². The van der Waals surface area contributed by atoms with E-state index in [-0.39, 0.29) is 17.7 Å². The predicted octanol–water partition coefficient (Wildman–Crippen LogP) is 2.06. The topological polar surface area (TPSA) is 89.1 Å². The van der Waals surface area contributed by atoms with Gasteiger partial charge in [0.15, 0.2) is 17.2 Å². The molecule has 23 heavy (non-hydrogen) atoms. The second-order valence-electron chi connectivity index (χ2n) is 5.55. The number of aromatic amines is 1. The zero-order chi connectivity index (χ0) is 16.1. The van der Waals surface area contributed by atoms with E-state index in [4.69, 9.17) is 9.47 Å². The lowest BCUT2D eigenvalue weighted by molar-refractivity contribution is 0.0946. The van der Waals surface area contributed by atoms with Crippen molar-refractivity contribution >= 4 is 5.91 Å². The summed E-state index contributed by atoms with van der Waals surface area (Å²) in [5.74, 6) is 1.17. The molecule has 0 saturated heterocycles. The van der Waals surface area contributed by atoms with E-state index in [1.165, 1.54) is 19.0 Å². The van der Waals surface area contributed by atoms with Crippen molar-refractivity contribution in [2.24, 2.45) is 0 Å². The van der Waals surface area contributed by atoms with Gasteiger partial charge in [-0.2, -0.15) is 15.4 Å². The summed E-state index contributed by atoms with van der Waals surface area (Å²) in [6.07, 6.45) is 6.30. The number of nitrogens with zero attached hydrogens (tertiary/aromatic N) is 2. The lowest BCUT2D eigenvalue weighted by atomic mass is 10.2. The number of carbonyl (C=O) groups excluding carboxylic acids is 1. The monoisotopic (exact) mass is 316 g/mol. The molecule has 0 bridgehead atoms. The molecule has 2 N–H and O–H groups in total. The molecule has 0 aliphatic heterocycles. The summed E-state index contributed by atoms with van der Waals surface area (Å²) in [7, 11) is 1.62. The molecule has 1 aliphatic rings. The number of benzene rings is 1. The van der Waals surface area contributed by atoms with Crippen LogP contribution >= 0.6 is 0 Å². The second-order valence-corrected chi connectivity index (χ2v) is 5.55. The zero-order valence-electron chi connectivity index (χ0n) is 13.0. The van der Waals surface area contributed by atoms with Gasteiger partial charge >= 0.3 is 0 Å². The average Bonchev–Trinajstić information content (AvgIpc) is 3.27. The van der Waals surface area contributed by atoms with Crippen LogP contribution in [0.15, 0.2) is 24.4 Å². The fraction of sp³-hybridized carbons (Fsp3) is 0.438. The van der Waals surface area contributed by atoms with Crippen molar-refractivity contribution in [2.75, 3.05) is 7.11 Å². The number of ether oxygens (including phenoxy) is 2. The largest absolute Gasteiger partial charge is 0.493 e. The van der Waals surface area contributed by atoms with Crippen LogP contribution in [0.25, 0.3) is 0 Å². The first kappa shape index (κ1) is 15.3. The number of hydrogen-bond donors (Lipinski definition) is 2. The van der Waals surface area contributed by atoms with Gasteiger partial charge in [-0.05, 0) is 43.4 Å².